The average Bonchev–Trinajstić information content (AvgIpc) is 2.68. The molecule has 0 aliphatic rings. The summed E-state index contributed by atoms with van der Waals surface area (Å²) in [6, 6.07) is 6.14. The van der Waals surface area contributed by atoms with E-state index < -0.39 is 17.6 Å². The van der Waals surface area contributed by atoms with Crippen LogP contribution in [-0.2, 0) is 6.18 Å². The third-order valence-electron chi connectivity index (χ3n) is 2.72. The summed E-state index contributed by atoms with van der Waals surface area (Å²) in [4.78, 5) is 3.95. The molecule has 2 rings (SSSR count). The van der Waals surface area contributed by atoms with E-state index in [9.17, 15) is 17.6 Å². The molecule has 162 valence electrons. The van der Waals surface area contributed by atoms with E-state index in [1.54, 1.807) is 6.20 Å². The molecular weight excluding hydrogens is 402 g/mol. The van der Waals surface area contributed by atoms with Crippen LogP contribution in [0.1, 0.15) is 50.9 Å². The van der Waals surface area contributed by atoms with Gasteiger partial charge in [0.1, 0.15) is 5.82 Å². The second kappa shape index (κ2) is 19.0. The van der Waals surface area contributed by atoms with Gasteiger partial charge in [0.25, 0.3) is 0 Å². The SMILES string of the molecule is C#C.C/C=C/CC.CC.Cc1cc(F)cc(C(F)(F)F)c1.Cc1ccc(Cl)cn1. The zero-order chi connectivity index (χ0) is 23.5. The van der Waals surface area contributed by atoms with Gasteiger partial charge in [-0.15, -0.1) is 12.8 Å². The number of allylic oxidation sites excluding steroid dienone is 2. The van der Waals surface area contributed by atoms with Crippen molar-refractivity contribution in [1.82, 2.24) is 4.98 Å². The molecule has 0 amide bonds. The number of alkyl halides is 3. The van der Waals surface area contributed by atoms with Crippen LogP contribution in [0, 0.1) is 32.5 Å². The van der Waals surface area contributed by atoms with Gasteiger partial charge in [-0.25, -0.2) is 4.39 Å². The molecule has 29 heavy (non-hydrogen) atoms. The molecule has 0 fully saturated rings. The number of hydrogen-bond donors (Lipinski definition) is 0. The second-order valence-electron chi connectivity index (χ2n) is 5.11. The van der Waals surface area contributed by atoms with Crippen LogP contribution >= 0.6 is 11.6 Å². The van der Waals surface area contributed by atoms with E-state index in [0.29, 0.717) is 11.1 Å². The van der Waals surface area contributed by atoms with Crippen molar-refractivity contribution in [2.75, 3.05) is 0 Å². The Morgan fingerprint density at radius 2 is 1.62 bits per heavy atom. The van der Waals surface area contributed by atoms with Crippen LogP contribution in [0.5, 0.6) is 0 Å². The number of terminal acetylenes is 1. The molecule has 0 radical (unpaired) electrons. The van der Waals surface area contributed by atoms with E-state index in [1.165, 1.54) is 6.92 Å². The van der Waals surface area contributed by atoms with Gasteiger partial charge >= 0.3 is 6.18 Å². The first-order valence-corrected chi connectivity index (χ1v) is 9.35. The molecule has 6 heteroatoms. The lowest BCUT2D eigenvalue weighted by Gasteiger charge is -2.06. The quantitative estimate of drug-likeness (QED) is 0.251. The molecule has 2 aromatic rings. The fourth-order valence-corrected chi connectivity index (χ4v) is 1.70. The molecular formula is C23H30ClF4N. The van der Waals surface area contributed by atoms with Gasteiger partial charge in [0.05, 0.1) is 10.6 Å². The van der Waals surface area contributed by atoms with E-state index in [4.69, 9.17) is 11.6 Å². The van der Waals surface area contributed by atoms with Gasteiger partial charge < -0.3 is 0 Å². The fourth-order valence-electron chi connectivity index (χ4n) is 1.59. The summed E-state index contributed by atoms with van der Waals surface area (Å²) in [5, 5.41) is 0.690. The van der Waals surface area contributed by atoms with Gasteiger partial charge in [0.15, 0.2) is 0 Å². The molecule has 0 saturated carbocycles. The molecule has 0 bridgehead atoms. The van der Waals surface area contributed by atoms with Gasteiger partial charge in [-0.05, 0) is 63.1 Å². The van der Waals surface area contributed by atoms with Gasteiger partial charge in [-0.2, -0.15) is 13.2 Å². The lowest BCUT2D eigenvalue weighted by Crippen LogP contribution is -2.05. The molecule has 0 spiro atoms. The average molecular weight is 432 g/mol. The topological polar surface area (TPSA) is 12.9 Å². The molecule has 0 aliphatic heterocycles. The summed E-state index contributed by atoms with van der Waals surface area (Å²) in [7, 11) is 0. The second-order valence-corrected chi connectivity index (χ2v) is 5.55. The molecule has 0 unspecified atom stereocenters. The number of benzene rings is 1. The van der Waals surface area contributed by atoms with Crippen molar-refractivity contribution in [1.29, 1.82) is 0 Å². The van der Waals surface area contributed by atoms with E-state index in [-0.39, 0.29) is 5.56 Å². The minimum Gasteiger partial charge on any atom is -0.260 e. The smallest absolute Gasteiger partial charge is 0.260 e. The minimum atomic E-state index is -4.47. The monoisotopic (exact) mass is 431 g/mol. The lowest BCUT2D eigenvalue weighted by molar-refractivity contribution is -0.137. The molecule has 1 aromatic heterocycles. The normalized spacial score (nSPS) is 9.41. The van der Waals surface area contributed by atoms with Crippen LogP contribution < -0.4 is 0 Å². The highest BCUT2D eigenvalue weighted by atomic mass is 35.5. The third kappa shape index (κ3) is 18.8. The Hall–Kier alpha value is -2.32. The number of aromatic nitrogens is 1. The summed E-state index contributed by atoms with van der Waals surface area (Å²) in [6.07, 6.45) is 10.5. The fraction of sp³-hybridized carbons (Fsp3) is 0.348. The Kier molecular flexibility index (Phi) is 20.6. The minimum absolute atomic E-state index is 0.266. The lowest BCUT2D eigenvalue weighted by atomic mass is 10.1. The van der Waals surface area contributed by atoms with Crippen LogP contribution in [-0.4, -0.2) is 4.98 Å². The van der Waals surface area contributed by atoms with Gasteiger partial charge in [0, 0.05) is 11.9 Å². The first kappa shape index (κ1) is 31.4. The number of nitrogens with zero attached hydrogens (tertiary/aromatic N) is 1. The van der Waals surface area contributed by atoms with E-state index >= 15 is 0 Å². The van der Waals surface area contributed by atoms with Crippen molar-refractivity contribution in [3.05, 3.63) is 76.3 Å². The summed E-state index contributed by atoms with van der Waals surface area (Å²) >= 11 is 5.55. The first-order chi connectivity index (χ1) is 13.6. The number of hydrogen-bond acceptors (Lipinski definition) is 1. The molecule has 1 nitrogen and oxygen atoms in total. The Labute approximate surface area is 177 Å². The summed E-state index contributed by atoms with van der Waals surface area (Å²) < 4.78 is 48.4. The van der Waals surface area contributed by atoms with Gasteiger partial charge in [-0.3, -0.25) is 4.98 Å². The molecule has 1 aromatic carbocycles. The predicted molar refractivity (Wildman–Crippen MR) is 116 cm³/mol. The van der Waals surface area contributed by atoms with Crippen LogP contribution in [0.25, 0.3) is 0 Å². The third-order valence-corrected chi connectivity index (χ3v) is 2.94. The van der Waals surface area contributed by atoms with Crippen molar-refractivity contribution < 1.29 is 17.6 Å². The van der Waals surface area contributed by atoms with Crippen molar-refractivity contribution in [2.45, 2.75) is 54.1 Å². The van der Waals surface area contributed by atoms with Crippen molar-refractivity contribution in [2.24, 2.45) is 0 Å². The molecule has 0 N–H and O–H groups in total. The Morgan fingerprint density at radius 3 is 1.90 bits per heavy atom. The van der Waals surface area contributed by atoms with Gasteiger partial charge in [0.2, 0.25) is 0 Å². The highest BCUT2D eigenvalue weighted by Gasteiger charge is 2.30. The van der Waals surface area contributed by atoms with Crippen LogP contribution in [0.3, 0.4) is 0 Å². The maximum Gasteiger partial charge on any atom is 0.416 e. The highest BCUT2D eigenvalue weighted by molar-refractivity contribution is 6.30. The Morgan fingerprint density at radius 1 is 1.07 bits per heavy atom. The van der Waals surface area contributed by atoms with Crippen LogP contribution in [0.2, 0.25) is 5.02 Å². The summed E-state index contributed by atoms with van der Waals surface area (Å²) in [5.41, 5.74) is 0.316. The Balaban J connectivity index is -0.000000345. The zero-order valence-corrected chi connectivity index (χ0v) is 18.6. The number of rotatable bonds is 1. The number of pyridine rings is 1. The molecule has 0 aliphatic carbocycles. The van der Waals surface area contributed by atoms with E-state index in [2.05, 4.69) is 36.9 Å². The predicted octanol–water partition coefficient (Wildman–Crippen LogP) is 8.44. The Bertz CT molecular complexity index is 649. The largest absolute Gasteiger partial charge is 0.416 e. The van der Waals surface area contributed by atoms with Crippen molar-refractivity contribution in [3.8, 4) is 12.8 Å². The number of halogens is 5. The first-order valence-electron chi connectivity index (χ1n) is 8.97. The standard InChI is InChI=1S/C8H6F4.C6H6ClN.C5H10.C2H6.C2H2/c1-5-2-6(8(10,11)12)4-7(9)3-5;1-5-2-3-6(7)4-8-5;1-3-5-4-2;2*1-2/h2-4H,1H3;2-4H,1H3;3,5H,4H2,1-2H3;1-2H3;1-2H/b;;5-3+;;. The zero-order valence-electron chi connectivity index (χ0n) is 17.8. The summed E-state index contributed by atoms with van der Waals surface area (Å²) in [5.74, 6) is -0.859. The maximum absolute atomic E-state index is 12.5. The van der Waals surface area contributed by atoms with Crippen molar-refractivity contribution in [3.63, 3.8) is 0 Å². The number of aryl methyl sites for hydroxylation is 2. The van der Waals surface area contributed by atoms with Crippen molar-refractivity contribution >= 4 is 11.6 Å². The maximum atomic E-state index is 12.5. The van der Waals surface area contributed by atoms with Crippen LogP contribution in [0.4, 0.5) is 17.6 Å². The van der Waals surface area contributed by atoms with E-state index in [1.807, 2.05) is 39.8 Å². The summed E-state index contributed by atoms with van der Waals surface area (Å²) in [6.45, 7) is 11.5. The molecule has 1 heterocycles. The van der Waals surface area contributed by atoms with Crippen LogP contribution in [0.15, 0.2) is 48.7 Å². The molecule has 0 atom stereocenters. The van der Waals surface area contributed by atoms with E-state index in [0.717, 1.165) is 24.2 Å². The highest BCUT2D eigenvalue weighted by Crippen LogP contribution is 2.30. The van der Waals surface area contributed by atoms with Gasteiger partial charge in [-0.1, -0.05) is 44.5 Å². The molecule has 0 saturated heterocycles.